The molecule has 0 unspecified atom stereocenters. The van der Waals surface area contributed by atoms with E-state index >= 15 is 0 Å². The molecule has 0 aliphatic carbocycles. The van der Waals surface area contributed by atoms with Crippen LogP contribution in [-0.2, 0) is 20.7 Å². The van der Waals surface area contributed by atoms with Crippen LogP contribution in [0, 0.1) is 13.8 Å². The van der Waals surface area contributed by atoms with Gasteiger partial charge in [-0.05, 0) is 46.8 Å². The normalized spacial score (nSPS) is 11.3. The maximum absolute atomic E-state index is 12.8. The highest BCUT2D eigenvalue weighted by Crippen LogP contribution is 2.21. The van der Waals surface area contributed by atoms with Crippen molar-refractivity contribution in [1.29, 1.82) is 0 Å². The number of carbonyl (C=O) groups excluding carboxylic acids is 2. The molecule has 0 aliphatic heterocycles. The zero-order valence-electron chi connectivity index (χ0n) is 16.4. The topological polar surface area (TPSA) is 64.4 Å². The van der Waals surface area contributed by atoms with E-state index in [2.05, 4.69) is 5.10 Å². The maximum Gasteiger partial charge on any atom is 0.331 e. The van der Waals surface area contributed by atoms with Crippen LogP contribution in [0.2, 0.25) is 0 Å². The van der Waals surface area contributed by atoms with Crippen LogP contribution in [0.4, 0.5) is 0 Å². The molecule has 6 heteroatoms. The monoisotopic (exact) mass is 357 g/mol. The lowest BCUT2D eigenvalue weighted by molar-refractivity contribution is -0.160. The van der Waals surface area contributed by atoms with Crippen LogP contribution in [-0.4, -0.2) is 45.8 Å². The number of nitrogens with zero attached hydrogens (tertiary/aromatic N) is 3. The number of hydrogen-bond acceptors (Lipinski definition) is 4. The lowest BCUT2D eigenvalue weighted by atomic mass is 10.0. The fourth-order valence-electron chi connectivity index (χ4n) is 2.78. The third-order valence-electron chi connectivity index (χ3n) is 4.76. The Labute approximate surface area is 154 Å². The van der Waals surface area contributed by atoms with Gasteiger partial charge in [0.1, 0.15) is 5.54 Å². The van der Waals surface area contributed by atoms with E-state index in [0.29, 0.717) is 0 Å². The number of benzene rings is 1. The molecule has 0 saturated heterocycles. The Kier molecular flexibility index (Phi) is 5.85. The molecular formula is C20H27N3O3. The Morgan fingerprint density at radius 1 is 1.19 bits per heavy atom. The van der Waals surface area contributed by atoms with Crippen molar-refractivity contribution in [2.45, 2.75) is 46.6 Å². The molecule has 0 aliphatic rings. The van der Waals surface area contributed by atoms with Crippen LogP contribution in [0.25, 0.3) is 5.69 Å². The molecule has 0 radical (unpaired) electrons. The highest BCUT2D eigenvalue weighted by Gasteiger charge is 2.37. The van der Waals surface area contributed by atoms with Gasteiger partial charge >= 0.3 is 5.97 Å². The first kappa shape index (κ1) is 19.7. The first-order chi connectivity index (χ1) is 12.2. The van der Waals surface area contributed by atoms with E-state index in [1.165, 1.54) is 4.90 Å². The first-order valence-corrected chi connectivity index (χ1v) is 8.74. The Bertz CT molecular complexity index is 794. The van der Waals surface area contributed by atoms with Crippen molar-refractivity contribution in [3.05, 3.63) is 47.3 Å². The Morgan fingerprint density at radius 2 is 1.81 bits per heavy atom. The average molecular weight is 357 g/mol. The van der Waals surface area contributed by atoms with Crippen molar-refractivity contribution in [2.75, 3.05) is 13.7 Å². The van der Waals surface area contributed by atoms with Crippen LogP contribution in [0.5, 0.6) is 0 Å². The number of aromatic nitrogens is 2. The molecule has 0 spiro atoms. The molecule has 0 N–H and O–H groups in total. The molecule has 140 valence electrons. The van der Waals surface area contributed by atoms with Gasteiger partial charge < -0.3 is 9.64 Å². The number of hydrogen-bond donors (Lipinski definition) is 0. The van der Waals surface area contributed by atoms with Gasteiger partial charge in [-0.1, -0.05) is 18.2 Å². The van der Waals surface area contributed by atoms with Crippen LogP contribution >= 0.6 is 0 Å². The van der Waals surface area contributed by atoms with Gasteiger partial charge in [-0.15, -0.1) is 0 Å². The number of amides is 1. The van der Waals surface area contributed by atoms with Gasteiger partial charge in [-0.2, -0.15) is 5.10 Å². The largest absolute Gasteiger partial charge is 0.464 e. The van der Waals surface area contributed by atoms with Crippen molar-refractivity contribution in [3.8, 4) is 5.69 Å². The lowest BCUT2D eigenvalue weighted by Crippen LogP contribution is -2.52. The highest BCUT2D eigenvalue weighted by molar-refractivity contribution is 5.88. The van der Waals surface area contributed by atoms with E-state index in [4.69, 9.17) is 4.74 Å². The van der Waals surface area contributed by atoms with Gasteiger partial charge in [-0.3, -0.25) is 4.79 Å². The second kappa shape index (κ2) is 7.72. The first-order valence-electron chi connectivity index (χ1n) is 8.74. The summed E-state index contributed by atoms with van der Waals surface area (Å²) in [7, 11) is 1.63. The van der Waals surface area contributed by atoms with E-state index in [9.17, 15) is 9.59 Å². The number of para-hydroxylation sites is 1. The zero-order valence-corrected chi connectivity index (χ0v) is 16.4. The summed E-state index contributed by atoms with van der Waals surface area (Å²) < 4.78 is 6.93. The summed E-state index contributed by atoms with van der Waals surface area (Å²) in [5.74, 6) is -0.564. The summed E-state index contributed by atoms with van der Waals surface area (Å²) in [4.78, 5) is 26.4. The fraction of sp³-hybridized carbons (Fsp3) is 0.450. The van der Waals surface area contributed by atoms with Gasteiger partial charge in [0.15, 0.2) is 0 Å². The summed E-state index contributed by atoms with van der Waals surface area (Å²) in [5.41, 5.74) is 2.54. The van der Waals surface area contributed by atoms with Gasteiger partial charge in [-0.25, -0.2) is 9.48 Å². The molecule has 1 amide bonds. The second-order valence-electron chi connectivity index (χ2n) is 6.81. The Morgan fingerprint density at radius 3 is 2.38 bits per heavy atom. The van der Waals surface area contributed by atoms with Crippen molar-refractivity contribution in [1.82, 2.24) is 14.7 Å². The molecule has 26 heavy (non-hydrogen) atoms. The number of likely N-dealkylation sites (N-methyl/N-ethyl adjacent to an activating group) is 1. The van der Waals surface area contributed by atoms with Crippen LogP contribution in [0.1, 0.15) is 37.7 Å². The summed E-state index contributed by atoms with van der Waals surface area (Å²) in [6.45, 7) is 9.26. The number of ether oxygens (including phenoxy) is 1. The van der Waals surface area contributed by atoms with E-state index in [1.807, 2.05) is 48.9 Å². The molecule has 1 aromatic heterocycles. The Hall–Kier alpha value is -2.63. The van der Waals surface area contributed by atoms with Crippen LogP contribution < -0.4 is 0 Å². The Balaban J connectivity index is 2.24. The van der Waals surface area contributed by atoms with Gasteiger partial charge in [0.2, 0.25) is 5.91 Å². The highest BCUT2D eigenvalue weighted by atomic mass is 16.5. The maximum atomic E-state index is 12.8. The standard InChI is InChI=1S/C20H27N3O3/c1-7-26-19(25)20(4,5)22(6)18(24)13-17-14(2)21-23(15(17)3)16-11-9-8-10-12-16/h8-12H,7,13H2,1-6H3. The third kappa shape index (κ3) is 3.79. The van der Waals surface area contributed by atoms with E-state index in [0.717, 1.165) is 22.6 Å². The molecule has 2 aromatic rings. The van der Waals surface area contributed by atoms with E-state index < -0.39 is 11.5 Å². The summed E-state index contributed by atoms with van der Waals surface area (Å²) >= 11 is 0. The van der Waals surface area contributed by atoms with Gasteiger partial charge in [0, 0.05) is 18.3 Å². The predicted molar refractivity (Wildman–Crippen MR) is 100 cm³/mol. The summed E-state index contributed by atoms with van der Waals surface area (Å²) in [6, 6.07) is 9.80. The lowest BCUT2D eigenvalue weighted by Gasteiger charge is -2.33. The number of carbonyl (C=O) groups is 2. The molecule has 0 atom stereocenters. The summed E-state index contributed by atoms with van der Waals surface area (Å²) in [5, 5.41) is 4.57. The molecule has 1 aromatic carbocycles. The van der Waals surface area contributed by atoms with Crippen molar-refractivity contribution < 1.29 is 14.3 Å². The second-order valence-corrected chi connectivity index (χ2v) is 6.81. The molecule has 0 bridgehead atoms. The van der Waals surface area contributed by atoms with E-state index in [1.54, 1.807) is 27.8 Å². The van der Waals surface area contributed by atoms with Crippen LogP contribution in [0.3, 0.4) is 0 Å². The minimum absolute atomic E-state index is 0.151. The molecule has 1 heterocycles. The van der Waals surface area contributed by atoms with Crippen molar-refractivity contribution >= 4 is 11.9 Å². The quantitative estimate of drug-likeness (QED) is 0.746. The smallest absolute Gasteiger partial charge is 0.331 e. The molecule has 0 fully saturated rings. The number of rotatable bonds is 6. The SMILES string of the molecule is CCOC(=O)C(C)(C)N(C)C(=O)Cc1c(C)nn(-c2ccccc2)c1C. The van der Waals surface area contributed by atoms with Gasteiger partial charge in [0.25, 0.3) is 0 Å². The van der Waals surface area contributed by atoms with E-state index in [-0.39, 0.29) is 18.9 Å². The molecule has 0 saturated carbocycles. The van der Waals surface area contributed by atoms with Crippen molar-refractivity contribution in [2.24, 2.45) is 0 Å². The van der Waals surface area contributed by atoms with Crippen molar-refractivity contribution in [3.63, 3.8) is 0 Å². The molecular weight excluding hydrogens is 330 g/mol. The zero-order chi connectivity index (χ0) is 19.5. The number of aryl methyl sites for hydroxylation is 1. The van der Waals surface area contributed by atoms with Crippen LogP contribution in [0.15, 0.2) is 30.3 Å². The average Bonchev–Trinajstić information content (AvgIpc) is 2.90. The van der Waals surface area contributed by atoms with Gasteiger partial charge in [0.05, 0.1) is 24.4 Å². The number of esters is 1. The predicted octanol–water partition coefficient (Wildman–Crippen LogP) is 2.83. The molecule has 2 rings (SSSR count). The third-order valence-corrected chi connectivity index (χ3v) is 4.76. The summed E-state index contributed by atoms with van der Waals surface area (Å²) in [6.07, 6.45) is 0.184. The molecule has 6 nitrogen and oxygen atoms in total. The minimum atomic E-state index is -1.02. The minimum Gasteiger partial charge on any atom is -0.464 e. The fourth-order valence-corrected chi connectivity index (χ4v) is 2.78.